The maximum absolute atomic E-state index is 13.4. The molecule has 6 nitrogen and oxygen atoms in total. The number of nitrogens with one attached hydrogen (secondary N) is 1. The van der Waals surface area contributed by atoms with Gasteiger partial charge < -0.3 is 19.7 Å². The van der Waals surface area contributed by atoms with Gasteiger partial charge in [0.05, 0.1) is 16.9 Å². The van der Waals surface area contributed by atoms with Crippen LogP contribution in [0.4, 0.5) is 11.4 Å². The number of rotatable bonds is 4. The second kappa shape index (κ2) is 8.06. The quantitative estimate of drug-likeness (QED) is 0.485. The largest absolute Gasteiger partial charge is 0.349 e. The third-order valence-electron chi connectivity index (χ3n) is 7.02. The number of nitrogens with zero attached hydrogens (tertiary/aromatic N) is 3. The van der Waals surface area contributed by atoms with E-state index in [0.29, 0.717) is 19.5 Å². The van der Waals surface area contributed by atoms with Crippen molar-refractivity contribution >= 4 is 34.1 Å². The number of aromatic nitrogens is 1. The van der Waals surface area contributed by atoms with Crippen LogP contribution in [0.25, 0.3) is 10.9 Å². The maximum Gasteiger partial charge on any atom is 0.257 e. The summed E-state index contributed by atoms with van der Waals surface area (Å²) in [6, 6.07) is 25.7. The van der Waals surface area contributed by atoms with E-state index in [9.17, 15) is 9.59 Å². The number of anilines is 2. The van der Waals surface area contributed by atoms with Gasteiger partial charge in [-0.05, 0) is 42.3 Å². The molecule has 0 fully saturated rings. The van der Waals surface area contributed by atoms with Gasteiger partial charge in [0.1, 0.15) is 6.17 Å². The maximum atomic E-state index is 13.4. The first-order valence-electron chi connectivity index (χ1n) is 11.7. The van der Waals surface area contributed by atoms with Gasteiger partial charge in [0.2, 0.25) is 5.91 Å². The summed E-state index contributed by atoms with van der Waals surface area (Å²) in [6.07, 6.45) is 0.953. The number of hydrogen-bond donors (Lipinski definition) is 1. The van der Waals surface area contributed by atoms with Crippen LogP contribution in [0.1, 0.15) is 34.2 Å². The smallest absolute Gasteiger partial charge is 0.257 e. The molecule has 1 aromatic heterocycles. The molecule has 2 aliphatic heterocycles. The Kier molecular flexibility index (Phi) is 4.87. The average Bonchev–Trinajstić information content (AvgIpc) is 3.20. The van der Waals surface area contributed by atoms with E-state index in [4.69, 9.17) is 0 Å². The molecule has 0 saturated heterocycles. The predicted octanol–water partition coefficient (Wildman–Crippen LogP) is 4.82. The van der Waals surface area contributed by atoms with Gasteiger partial charge in [-0.3, -0.25) is 9.59 Å². The summed E-state index contributed by atoms with van der Waals surface area (Å²) in [6.45, 7) is 1.22. The van der Waals surface area contributed by atoms with E-state index in [2.05, 4.69) is 40.0 Å². The second-order valence-electron chi connectivity index (χ2n) is 8.95. The summed E-state index contributed by atoms with van der Waals surface area (Å²) in [4.78, 5) is 30.4. The van der Waals surface area contributed by atoms with Crippen molar-refractivity contribution in [2.75, 3.05) is 23.8 Å². The lowest BCUT2D eigenvalue weighted by atomic mass is 9.96. The molecule has 34 heavy (non-hydrogen) atoms. The number of benzene rings is 3. The number of aryl methyl sites for hydroxylation is 1. The van der Waals surface area contributed by atoms with Gasteiger partial charge in [0.15, 0.2) is 0 Å². The highest BCUT2D eigenvalue weighted by molar-refractivity contribution is 6.02. The number of fused-ring (bicyclic) bond motifs is 6. The summed E-state index contributed by atoms with van der Waals surface area (Å²) in [5, 5.41) is 4.20. The minimum atomic E-state index is -0.198. The lowest BCUT2D eigenvalue weighted by Gasteiger charge is -2.46. The fraction of sp³-hybridized carbons (Fsp3) is 0.214. The third-order valence-corrected chi connectivity index (χ3v) is 7.02. The first-order chi connectivity index (χ1) is 16.6. The Morgan fingerprint density at radius 1 is 0.971 bits per heavy atom. The predicted molar refractivity (Wildman–Crippen MR) is 134 cm³/mol. The Morgan fingerprint density at radius 2 is 1.71 bits per heavy atom. The highest BCUT2D eigenvalue weighted by atomic mass is 16.2. The number of amides is 2. The molecule has 3 heterocycles. The van der Waals surface area contributed by atoms with Crippen LogP contribution in [-0.4, -0.2) is 34.9 Å². The molecule has 1 atom stereocenters. The Morgan fingerprint density at radius 3 is 2.56 bits per heavy atom. The molecule has 1 unspecified atom stereocenters. The third kappa shape index (κ3) is 3.17. The van der Waals surface area contributed by atoms with Crippen molar-refractivity contribution in [2.45, 2.75) is 25.6 Å². The molecule has 1 N–H and O–H groups in total. The molecule has 2 aliphatic rings. The molecule has 0 spiro atoms. The zero-order chi connectivity index (χ0) is 23.2. The molecule has 0 bridgehead atoms. The Hall–Kier alpha value is -4.06. The van der Waals surface area contributed by atoms with Crippen LogP contribution in [0.3, 0.4) is 0 Å². The molecular weight excluding hydrogens is 424 g/mol. The van der Waals surface area contributed by atoms with Crippen molar-refractivity contribution in [3.8, 4) is 0 Å². The highest BCUT2D eigenvalue weighted by Crippen LogP contribution is 2.44. The number of hydrogen-bond acceptors (Lipinski definition) is 3. The fourth-order valence-corrected chi connectivity index (χ4v) is 5.51. The molecule has 0 aliphatic carbocycles. The molecule has 6 rings (SSSR count). The Bertz CT molecular complexity index is 1410. The van der Waals surface area contributed by atoms with Gasteiger partial charge in [-0.2, -0.15) is 0 Å². The summed E-state index contributed by atoms with van der Waals surface area (Å²) in [5.41, 5.74) is 5.99. The molecule has 0 radical (unpaired) electrons. The molecule has 3 aromatic carbocycles. The fourth-order valence-electron chi connectivity index (χ4n) is 5.51. The number of para-hydroxylation sites is 3. The average molecular weight is 451 g/mol. The van der Waals surface area contributed by atoms with E-state index in [-0.39, 0.29) is 18.0 Å². The SMILES string of the molecule is CN1c2ccccc2C(=O)N2CCc3c(n(CCC(=O)Nc4ccccc4)c4ccccc34)C21. The van der Waals surface area contributed by atoms with E-state index in [0.717, 1.165) is 34.6 Å². The first kappa shape index (κ1) is 20.5. The van der Waals surface area contributed by atoms with Crippen LogP contribution in [-0.2, 0) is 17.8 Å². The summed E-state index contributed by atoms with van der Waals surface area (Å²) in [5.74, 6) is 0.0480. The molecule has 4 aromatic rings. The van der Waals surface area contributed by atoms with E-state index in [1.807, 2.05) is 65.6 Å². The van der Waals surface area contributed by atoms with E-state index >= 15 is 0 Å². The normalized spacial score (nSPS) is 16.7. The van der Waals surface area contributed by atoms with E-state index in [1.165, 1.54) is 10.9 Å². The second-order valence-corrected chi connectivity index (χ2v) is 8.95. The van der Waals surface area contributed by atoms with Gasteiger partial charge in [-0.1, -0.05) is 48.5 Å². The van der Waals surface area contributed by atoms with Crippen LogP contribution in [0, 0.1) is 0 Å². The van der Waals surface area contributed by atoms with Gasteiger partial charge in [-0.25, -0.2) is 0 Å². The van der Waals surface area contributed by atoms with Crippen molar-refractivity contribution in [2.24, 2.45) is 0 Å². The van der Waals surface area contributed by atoms with Gasteiger partial charge in [0.25, 0.3) is 5.91 Å². The molecule has 170 valence electrons. The van der Waals surface area contributed by atoms with Gasteiger partial charge in [-0.15, -0.1) is 0 Å². The molecule has 2 amide bonds. The van der Waals surface area contributed by atoms with Crippen molar-refractivity contribution in [1.82, 2.24) is 9.47 Å². The standard InChI is InChI=1S/C28H26N4O2/c1-30-23-13-7-6-12-22(23)28(34)32-17-15-21-20-11-5-8-14-24(20)31(26(21)27(30)32)18-16-25(33)29-19-9-3-2-4-10-19/h2-14,27H,15-18H2,1H3,(H,29,33). The zero-order valence-corrected chi connectivity index (χ0v) is 19.1. The summed E-state index contributed by atoms with van der Waals surface area (Å²) < 4.78 is 2.25. The van der Waals surface area contributed by atoms with Crippen molar-refractivity contribution < 1.29 is 9.59 Å². The lowest BCUT2D eigenvalue weighted by molar-refractivity contribution is -0.116. The first-order valence-corrected chi connectivity index (χ1v) is 11.7. The Balaban J connectivity index is 1.40. The van der Waals surface area contributed by atoms with E-state index in [1.54, 1.807) is 0 Å². The Labute approximate surface area is 198 Å². The number of carbonyl (C=O) groups is 2. The van der Waals surface area contributed by atoms with Crippen LogP contribution in [0.2, 0.25) is 0 Å². The monoisotopic (exact) mass is 450 g/mol. The highest BCUT2D eigenvalue weighted by Gasteiger charge is 2.42. The van der Waals surface area contributed by atoms with Crippen molar-refractivity contribution in [3.63, 3.8) is 0 Å². The van der Waals surface area contributed by atoms with Crippen molar-refractivity contribution in [3.05, 3.63) is 95.7 Å². The van der Waals surface area contributed by atoms with Crippen LogP contribution >= 0.6 is 0 Å². The summed E-state index contributed by atoms with van der Waals surface area (Å²) in [7, 11) is 2.06. The minimum absolute atomic E-state index is 0.0242. The van der Waals surface area contributed by atoms with Crippen LogP contribution in [0.5, 0.6) is 0 Å². The van der Waals surface area contributed by atoms with Crippen LogP contribution in [0.15, 0.2) is 78.9 Å². The van der Waals surface area contributed by atoms with Gasteiger partial charge in [0, 0.05) is 43.1 Å². The topological polar surface area (TPSA) is 57.6 Å². The summed E-state index contributed by atoms with van der Waals surface area (Å²) >= 11 is 0. The number of carbonyl (C=O) groups excluding carboxylic acids is 2. The van der Waals surface area contributed by atoms with Crippen molar-refractivity contribution in [1.29, 1.82) is 0 Å². The molecular formula is C28H26N4O2. The minimum Gasteiger partial charge on any atom is -0.349 e. The van der Waals surface area contributed by atoms with Crippen LogP contribution < -0.4 is 10.2 Å². The molecule has 0 saturated carbocycles. The molecule has 6 heteroatoms. The van der Waals surface area contributed by atoms with E-state index < -0.39 is 0 Å². The van der Waals surface area contributed by atoms with Gasteiger partial charge >= 0.3 is 0 Å². The zero-order valence-electron chi connectivity index (χ0n) is 19.1. The lowest BCUT2D eigenvalue weighted by Crippen LogP contribution is -2.51.